The summed E-state index contributed by atoms with van der Waals surface area (Å²) >= 11 is 0. The van der Waals surface area contributed by atoms with Gasteiger partial charge in [-0.3, -0.25) is 5.32 Å². The Morgan fingerprint density at radius 2 is 2.17 bits per heavy atom. The number of fused-ring (bicyclic) bond motifs is 1. The summed E-state index contributed by atoms with van der Waals surface area (Å²) in [4.78, 5) is 0. The second kappa shape index (κ2) is 4.87. The highest BCUT2D eigenvalue weighted by Crippen LogP contribution is 2.32. The molecule has 2 aliphatic rings. The molecule has 0 spiro atoms. The van der Waals surface area contributed by atoms with E-state index in [1.807, 2.05) is 18.2 Å². The molecular formula is C14H16N2O2. The minimum atomic E-state index is -0.115. The van der Waals surface area contributed by atoms with Gasteiger partial charge in [-0.1, -0.05) is 12.5 Å². The third-order valence-electron chi connectivity index (χ3n) is 3.57. The van der Waals surface area contributed by atoms with Crippen LogP contribution in [0.2, 0.25) is 0 Å². The Labute approximate surface area is 107 Å². The second-order valence-electron chi connectivity index (χ2n) is 4.87. The monoisotopic (exact) mass is 244 g/mol. The summed E-state index contributed by atoms with van der Waals surface area (Å²) in [6.45, 7) is 0.292. The largest absolute Gasteiger partial charge is 0.454 e. The van der Waals surface area contributed by atoms with Crippen LogP contribution in [0.3, 0.4) is 0 Å². The molecule has 0 aromatic heterocycles. The highest BCUT2D eigenvalue weighted by atomic mass is 16.7. The summed E-state index contributed by atoms with van der Waals surface area (Å²) in [6.07, 6.45) is 4.38. The molecule has 18 heavy (non-hydrogen) atoms. The average molecular weight is 244 g/mol. The van der Waals surface area contributed by atoms with Crippen LogP contribution in [0.5, 0.6) is 11.5 Å². The van der Waals surface area contributed by atoms with Crippen LogP contribution in [0.25, 0.3) is 0 Å². The van der Waals surface area contributed by atoms with Gasteiger partial charge in [-0.2, -0.15) is 5.26 Å². The first kappa shape index (κ1) is 11.4. The van der Waals surface area contributed by atoms with Gasteiger partial charge in [-0.15, -0.1) is 0 Å². The number of rotatable bonds is 4. The van der Waals surface area contributed by atoms with E-state index in [0.717, 1.165) is 17.1 Å². The quantitative estimate of drug-likeness (QED) is 0.880. The summed E-state index contributed by atoms with van der Waals surface area (Å²) in [6, 6.07) is 8.63. The highest BCUT2D eigenvalue weighted by molar-refractivity contribution is 5.44. The molecule has 94 valence electrons. The zero-order valence-electron chi connectivity index (χ0n) is 10.2. The van der Waals surface area contributed by atoms with Gasteiger partial charge in [0, 0.05) is 12.5 Å². The zero-order valence-corrected chi connectivity index (χ0v) is 10.2. The smallest absolute Gasteiger partial charge is 0.231 e. The van der Waals surface area contributed by atoms with Crippen LogP contribution in [0.1, 0.15) is 24.8 Å². The highest BCUT2D eigenvalue weighted by Gasteiger charge is 2.21. The van der Waals surface area contributed by atoms with Crippen molar-refractivity contribution in [1.29, 1.82) is 5.26 Å². The maximum atomic E-state index is 9.18. The number of hydrogen-bond acceptors (Lipinski definition) is 4. The van der Waals surface area contributed by atoms with Crippen molar-refractivity contribution in [3.63, 3.8) is 0 Å². The van der Waals surface area contributed by atoms with Crippen LogP contribution in [0.4, 0.5) is 0 Å². The normalized spacial score (nSPS) is 19.1. The molecule has 0 bridgehead atoms. The summed E-state index contributed by atoms with van der Waals surface area (Å²) in [5.74, 6) is 1.58. The van der Waals surface area contributed by atoms with Crippen molar-refractivity contribution in [1.82, 2.24) is 5.32 Å². The predicted molar refractivity (Wildman–Crippen MR) is 66.4 cm³/mol. The first-order valence-corrected chi connectivity index (χ1v) is 6.39. The number of nitrogens with zero attached hydrogens (tertiary/aromatic N) is 1. The molecule has 4 heteroatoms. The molecule has 1 unspecified atom stereocenters. The van der Waals surface area contributed by atoms with Crippen molar-refractivity contribution in [2.45, 2.75) is 37.8 Å². The SMILES string of the molecule is N#CC(Cc1ccc2c(c1)OCO2)NC1CCC1. The fourth-order valence-corrected chi connectivity index (χ4v) is 2.30. The lowest BCUT2D eigenvalue weighted by Crippen LogP contribution is -2.42. The van der Waals surface area contributed by atoms with Gasteiger partial charge in [-0.05, 0) is 30.5 Å². The molecule has 1 aromatic rings. The van der Waals surface area contributed by atoms with E-state index in [4.69, 9.17) is 9.47 Å². The van der Waals surface area contributed by atoms with Gasteiger partial charge in [0.05, 0.1) is 12.1 Å². The molecule has 0 amide bonds. The summed E-state index contributed by atoms with van der Waals surface area (Å²) in [5, 5.41) is 12.6. The maximum Gasteiger partial charge on any atom is 0.231 e. The van der Waals surface area contributed by atoms with E-state index in [0.29, 0.717) is 19.3 Å². The van der Waals surface area contributed by atoms with Crippen molar-refractivity contribution in [2.75, 3.05) is 6.79 Å². The minimum Gasteiger partial charge on any atom is -0.454 e. The molecule has 1 aliphatic carbocycles. The zero-order chi connectivity index (χ0) is 12.4. The Morgan fingerprint density at radius 1 is 1.33 bits per heavy atom. The topological polar surface area (TPSA) is 54.3 Å². The molecule has 1 aromatic carbocycles. The van der Waals surface area contributed by atoms with Crippen molar-refractivity contribution in [3.8, 4) is 17.6 Å². The summed E-state index contributed by atoms with van der Waals surface area (Å²) in [7, 11) is 0. The number of hydrogen-bond donors (Lipinski definition) is 1. The van der Waals surface area contributed by atoms with E-state index in [2.05, 4.69) is 11.4 Å². The first-order chi connectivity index (χ1) is 8.85. The molecule has 1 aliphatic heterocycles. The van der Waals surface area contributed by atoms with Gasteiger partial charge < -0.3 is 9.47 Å². The van der Waals surface area contributed by atoms with Crippen LogP contribution >= 0.6 is 0 Å². The summed E-state index contributed by atoms with van der Waals surface area (Å²) < 4.78 is 10.6. The standard InChI is InChI=1S/C14H16N2O2/c15-8-12(16-11-2-1-3-11)6-10-4-5-13-14(7-10)18-9-17-13/h4-5,7,11-12,16H,1-3,6,9H2. The molecule has 1 fully saturated rings. The Kier molecular flexibility index (Phi) is 3.07. The first-order valence-electron chi connectivity index (χ1n) is 6.39. The molecule has 1 N–H and O–H groups in total. The fraction of sp³-hybridized carbons (Fsp3) is 0.500. The molecule has 1 atom stereocenters. The van der Waals surface area contributed by atoms with Crippen molar-refractivity contribution < 1.29 is 9.47 Å². The Bertz CT molecular complexity index is 477. The van der Waals surface area contributed by atoms with E-state index in [9.17, 15) is 5.26 Å². The van der Waals surface area contributed by atoms with Gasteiger partial charge >= 0.3 is 0 Å². The van der Waals surface area contributed by atoms with Crippen LogP contribution in [-0.2, 0) is 6.42 Å². The van der Waals surface area contributed by atoms with Crippen molar-refractivity contribution in [3.05, 3.63) is 23.8 Å². The fourth-order valence-electron chi connectivity index (χ4n) is 2.30. The molecular weight excluding hydrogens is 228 g/mol. The molecule has 4 nitrogen and oxygen atoms in total. The molecule has 0 saturated heterocycles. The van der Waals surface area contributed by atoms with E-state index in [1.165, 1.54) is 19.3 Å². The molecule has 0 radical (unpaired) electrons. The molecule has 1 saturated carbocycles. The lowest BCUT2D eigenvalue weighted by molar-refractivity contribution is 0.174. The van der Waals surface area contributed by atoms with Gasteiger partial charge in [0.15, 0.2) is 11.5 Å². The van der Waals surface area contributed by atoms with E-state index < -0.39 is 0 Å². The average Bonchev–Trinajstić information content (AvgIpc) is 2.79. The van der Waals surface area contributed by atoms with Crippen LogP contribution in [0, 0.1) is 11.3 Å². The molecule has 3 rings (SSSR count). The number of nitrogens with one attached hydrogen (secondary N) is 1. The van der Waals surface area contributed by atoms with Crippen LogP contribution in [0.15, 0.2) is 18.2 Å². The van der Waals surface area contributed by atoms with E-state index in [-0.39, 0.29) is 6.04 Å². The predicted octanol–water partition coefficient (Wildman–Crippen LogP) is 1.99. The minimum absolute atomic E-state index is 0.115. The second-order valence-corrected chi connectivity index (χ2v) is 4.87. The van der Waals surface area contributed by atoms with Crippen molar-refractivity contribution in [2.24, 2.45) is 0 Å². The third-order valence-corrected chi connectivity index (χ3v) is 3.57. The Balaban J connectivity index is 1.65. The maximum absolute atomic E-state index is 9.18. The lowest BCUT2D eigenvalue weighted by atomic mass is 9.92. The summed E-state index contributed by atoms with van der Waals surface area (Å²) in [5.41, 5.74) is 1.11. The van der Waals surface area contributed by atoms with E-state index >= 15 is 0 Å². The van der Waals surface area contributed by atoms with Crippen molar-refractivity contribution >= 4 is 0 Å². The Hall–Kier alpha value is -1.73. The van der Waals surface area contributed by atoms with Gasteiger partial charge in [0.25, 0.3) is 0 Å². The Morgan fingerprint density at radius 3 is 2.89 bits per heavy atom. The van der Waals surface area contributed by atoms with Crippen LogP contribution < -0.4 is 14.8 Å². The van der Waals surface area contributed by atoms with Gasteiger partial charge in [0.1, 0.15) is 0 Å². The van der Waals surface area contributed by atoms with Crippen LogP contribution in [-0.4, -0.2) is 18.9 Å². The number of nitriles is 1. The number of ether oxygens (including phenoxy) is 2. The lowest BCUT2D eigenvalue weighted by Gasteiger charge is -2.28. The molecule has 1 heterocycles. The van der Waals surface area contributed by atoms with Gasteiger partial charge in [-0.25, -0.2) is 0 Å². The van der Waals surface area contributed by atoms with Gasteiger partial charge in [0.2, 0.25) is 6.79 Å². The third kappa shape index (κ3) is 2.27. The van der Waals surface area contributed by atoms with E-state index in [1.54, 1.807) is 0 Å². The number of benzene rings is 1.